The molecule has 38 heavy (non-hydrogen) atoms. The van der Waals surface area contributed by atoms with Crippen LogP contribution in [0.25, 0.3) is 10.8 Å². The normalized spacial score (nSPS) is 20.7. The molecule has 0 aromatic heterocycles. The van der Waals surface area contributed by atoms with E-state index in [1.165, 1.54) is 33.5 Å². The van der Waals surface area contributed by atoms with Gasteiger partial charge in [-0.3, -0.25) is 14.5 Å². The van der Waals surface area contributed by atoms with Gasteiger partial charge in [0.2, 0.25) is 15.9 Å². The van der Waals surface area contributed by atoms with Gasteiger partial charge in [0.15, 0.2) is 0 Å². The first kappa shape index (κ1) is 25.8. The molecule has 11 heteroatoms. The number of rotatable bonds is 6. The number of sulfonamides is 1. The molecule has 0 bridgehead atoms. The number of hydrogen-bond donors (Lipinski definition) is 1. The van der Waals surface area contributed by atoms with Gasteiger partial charge >= 0.3 is 6.03 Å². The van der Waals surface area contributed by atoms with Crippen LogP contribution < -0.4 is 5.32 Å². The van der Waals surface area contributed by atoms with Crippen LogP contribution in [0.1, 0.15) is 18.9 Å². The Morgan fingerprint density at radius 3 is 2.26 bits per heavy atom. The Hall–Kier alpha value is -3.83. The number of nitrogens with zero attached hydrogens (tertiary/aromatic N) is 3. The second-order valence-corrected chi connectivity index (χ2v) is 11.3. The number of halogens is 1. The minimum Gasteiger partial charge on any atom is -0.338 e. The number of amides is 4. The van der Waals surface area contributed by atoms with Crippen molar-refractivity contribution in [2.24, 2.45) is 0 Å². The maximum absolute atomic E-state index is 13.4. The highest BCUT2D eigenvalue weighted by atomic mass is 32.2. The smallest absolute Gasteiger partial charge is 0.325 e. The summed E-state index contributed by atoms with van der Waals surface area (Å²) in [5.74, 6) is -1.50. The van der Waals surface area contributed by atoms with Crippen LogP contribution in [0.5, 0.6) is 0 Å². The SMILES string of the molecule is CCC1(c2ccc(F)cc2)NC(=O)N(CC(=O)N2CCN(S(=O)(=O)c3ccc4ccccc4c3)CC2)C1=O. The Morgan fingerprint density at radius 1 is 0.947 bits per heavy atom. The summed E-state index contributed by atoms with van der Waals surface area (Å²) < 4.78 is 41.2. The first-order valence-electron chi connectivity index (χ1n) is 12.3. The number of fused-ring (bicyclic) bond motifs is 1. The van der Waals surface area contributed by atoms with Crippen LogP contribution in [-0.2, 0) is 25.2 Å². The number of benzene rings is 3. The summed E-state index contributed by atoms with van der Waals surface area (Å²) in [5.41, 5.74) is -0.945. The van der Waals surface area contributed by atoms with Crippen molar-refractivity contribution in [2.75, 3.05) is 32.7 Å². The van der Waals surface area contributed by atoms with Crippen LogP contribution in [0.15, 0.2) is 71.6 Å². The average molecular weight is 539 g/mol. The third-order valence-corrected chi connectivity index (χ3v) is 9.18. The Bertz CT molecular complexity index is 1520. The van der Waals surface area contributed by atoms with Crippen LogP contribution in [0.2, 0.25) is 0 Å². The number of imide groups is 1. The molecular formula is C27H27FN4O5S. The maximum atomic E-state index is 13.4. The predicted octanol–water partition coefficient (Wildman–Crippen LogP) is 2.67. The molecule has 0 aliphatic carbocycles. The summed E-state index contributed by atoms with van der Waals surface area (Å²) in [6, 6.07) is 17.1. The quantitative estimate of drug-likeness (QED) is 0.486. The summed E-state index contributed by atoms with van der Waals surface area (Å²) in [7, 11) is -3.76. The Balaban J connectivity index is 1.25. The van der Waals surface area contributed by atoms with Crippen LogP contribution >= 0.6 is 0 Å². The van der Waals surface area contributed by atoms with Crippen molar-refractivity contribution >= 4 is 38.6 Å². The fourth-order valence-corrected chi connectivity index (χ4v) is 6.49. The molecule has 2 fully saturated rings. The van der Waals surface area contributed by atoms with Gasteiger partial charge in [0.05, 0.1) is 4.90 Å². The topological polar surface area (TPSA) is 107 Å². The molecule has 1 atom stereocenters. The molecule has 4 amide bonds. The highest BCUT2D eigenvalue weighted by Gasteiger charge is 2.52. The third kappa shape index (κ3) is 4.41. The predicted molar refractivity (Wildman–Crippen MR) is 138 cm³/mol. The molecule has 9 nitrogen and oxygen atoms in total. The summed E-state index contributed by atoms with van der Waals surface area (Å²) in [5, 5.41) is 4.43. The van der Waals surface area contributed by atoms with E-state index in [1.807, 2.05) is 24.3 Å². The zero-order chi connectivity index (χ0) is 27.1. The number of hydrogen-bond acceptors (Lipinski definition) is 5. The van der Waals surface area contributed by atoms with E-state index in [9.17, 15) is 27.2 Å². The molecule has 3 aromatic carbocycles. The number of carbonyl (C=O) groups is 3. The lowest BCUT2D eigenvalue weighted by molar-refractivity contribution is -0.139. The molecule has 2 heterocycles. The summed E-state index contributed by atoms with van der Waals surface area (Å²) in [6.07, 6.45) is 0.221. The number of carbonyl (C=O) groups excluding carboxylic acids is 3. The van der Waals surface area contributed by atoms with E-state index < -0.39 is 45.8 Å². The summed E-state index contributed by atoms with van der Waals surface area (Å²) in [4.78, 5) is 41.6. The van der Waals surface area contributed by atoms with Crippen molar-refractivity contribution in [1.29, 1.82) is 0 Å². The molecule has 3 aromatic rings. The molecule has 1 unspecified atom stereocenters. The van der Waals surface area contributed by atoms with Gasteiger partial charge < -0.3 is 10.2 Å². The van der Waals surface area contributed by atoms with Crippen LogP contribution in [-0.4, -0.2) is 73.1 Å². The van der Waals surface area contributed by atoms with E-state index in [0.29, 0.717) is 5.56 Å². The van der Waals surface area contributed by atoms with Gasteiger partial charge in [-0.05, 0) is 47.0 Å². The lowest BCUT2D eigenvalue weighted by Gasteiger charge is -2.34. The standard InChI is InChI=1S/C27H27FN4O5S/c1-2-27(21-8-10-22(28)11-9-21)25(34)32(26(35)29-27)18-24(33)30-13-15-31(16-14-30)38(36,37)23-12-7-19-5-3-4-6-20(19)17-23/h3-12,17H,2,13-16,18H2,1H3,(H,29,35). The van der Waals surface area contributed by atoms with E-state index >= 15 is 0 Å². The molecular weight excluding hydrogens is 511 g/mol. The highest BCUT2D eigenvalue weighted by molar-refractivity contribution is 7.89. The van der Waals surface area contributed by atoms with Crippen molar-refractivity contribution in [2.45, 2.75) is 23.8 Å². The van der Waals surface area contributed by atoms with Gasteiger partial charge in [-0.1, -0.05) is 49.4 Å². The van der Waals surface area contributed by atoms with Gasteiger partial charge in [-0.25, -0.2) is 17.6 Å². The van der Waals surface area contributed by atoms with E-state index in [1.54, 1.807) is 25.1 Å². The van der Waals surface area contributed by atoms with E-state index in [4.69, 9.17) is 0 Å². The van der Waals surface area contributed by atoms with Crippen molar-refractivity contribution in [3.05, 3.63) is 78.1 Å². The number of piperazine rings is 1. The Labute approximate surface area is 219 Å². The van der Waals surface area contributed by atoms with E-state index in [0.717, 1.165) is 15.7 Å². The second-order valence-electron chi connectivity index (χ2n) is 9.38. The third-order valence-electron chi connectivity index (χ3n) is 7.29. The lowest BCUT2D eigenvalue weighted by Crippen LogP contribution is -2.53. The number of nitrogens with one attached hydrogen (secondary N) is 1. The molecule has 0 radical (unpaired) electrons. The largest absolute Gasteiger partial charge is 0.338 e. The molecule has 2 aliphatic heterocycles. The fraction of sp³-hybridized carbons (Fsp3) is 0.296. The van der Waals surface area contributed by atoms with Crippen molar-refractivity contribution in [3.63, 3.8) is 0 Å². The zero-order valence-corrected chi connectivity index (χ0v) is 21.6. The first-order chi connectivity index (χ1) is 18.2. The van der Waals surface area contributed by atoms with Gasteiger partial charge in [0, 0.05) is 26.2 Å². The zero-order valence-electron chi connectivity index (χ0n) is 20.8. The average Bonchev–Trinajstić information content (AvgIpc) is 3.18. The van der Waals surface area contributed by atoms with Gasteiger partial charge in [0.1, 0.15) is 17.9 Å². The van der Waals surface area contributed by atoms with Crippen LogP contribution in [0, 0.1) is 5.82 Å². The van der Waals surface area contributed by atoms with Gasteiger partial charge in [-0.2, -0.15) is 4.31 Å². The van der Waals surface area contributed by atoms with Crippen molar-refractivity contribution in [1.82, 2.24) is 19.4 Å². The molecule has 1 N–H and O–H groups in total. The fourth-order valence-electron chi connectivity index (χ4n) is 5.03. The molecule has 0 spiro atoms. The minimum atomic E-state index is -3.76. The summed E-state index contributed by atoms with van der Waals surface area (Å²) in [6.45, 7) is 1.70. The van der Waals surface area contributed by atoms with Gasteiger partial charge in [0.25, 0.3) is 5.91 Å². The minimum absolute atomic E-state index is 0.0928. The Morgan fingerprint density at radius 2 is 1.61 bits per heavy atom. The molecule has 0 saturated carbocycles. The van der Waals surface area contributed by atoms with E-state index in [-0.39, 0.29) is 37.5 Å². The lowest BCUT2D eigenvalue weighted by atomic mass is 9.87. The van der Waals surface area contributed by atoms with Gasteiger partial charge in [-0.15, -0.1) is 0 Å². The van der Waals surface area contributed by atoms with Crippen LogP contribution in [0.4, 0.5) is 9.18 Å². The first-order valence-corrected chi connectivity index (χ1v) is 13.8. The molecule has 2 aliphatic rings. The Kier molecular flexibility index (Phi) is 6.66. The molecule has 198 valence electrons. The van der Waals surface area contributed by atoms with E-state index in [2.05, 4.69) is 5.32 Å². The maximum Gasteiger partial charge on any atom is 0.325 e. The molecule has 2 saturated heterocycles. The van der Waals surface area contributed by atoms with Crippen molar-refractivity contribution < 1.29 is 27.2 Å². The summed E-state index contributed by atoms with van der Waals surface area (Å²) >= 11 is 0. The van der Waals surface area contributed by atoms with Crippen LogP contribution in [0.3, 0.4) is 0 Å². The molecule has 5 rings (SSSR count). The highest BCUT2D eigenvalue weighted by Crippen LogP contribution is 2.32. The number of urea groups is 1. The van der Waals surface area contributed by atoms with Crippen molar-refractivity contribution in [3.8, 4) is 0 Å². The monoisotopic (exact) mass is 538 g/mol. The second kappa shape index (κ2) is 9.80.